The second kappa shape index (κ2) is 4.24. The van der Waals surface area contributed by atoms with Crippen molar-refractivity contribution in [2.75, 3.05) is 12.3 Å². The van der Waals surface area contributed by atoms with Crippen LogP contribution in [0.2, 0.25) is 0 Å². The van der Waals surface area contributed by atoms with Crippen molar-refractivity contribution < 1.29 is 13.2 Å². The number of nitrogen functional groups attached to an aromatic ring is 1. The summed E-state index contributed by atoms with van der Waals surface area (Å²) >= 11 is 0. The molecule has 2 aliphatic rings. The van der Waals surface area contributed by atoms with E-state index in [-0.39, 0.29) is 0 Å². The van der Waals surface area contributed by atoms with Gasteiger partial charge in [-0.15, -0.1) is 0 Å². The fourth-order valence-corrected chi connectivity index (χ4v) is 4.06. The molecule has 1 aromatic carbocycles. The van der Waals surface area contributed by atoms with Gasteiger partial charge in [0.15, 0.2) is 5.44 Å². The second-order valence-electron chi connectivity index (χ2n) is 5.10. The Bertz CT molecular complexity index is 558. The van der Waals surface area contributed by atoms with Crippen LogP contribution in [0.1, 0.15) is 37.2 Å². The molecule has 1 heterocycles. The van der Waals surface area contributed by atoms with Gasteiger partial charge in [0, 0.05) is 12.3 Å². The number of rotatable bonds is 3. The van der Waals surface area contributed by atoms with Crippen LogP contribution in [0, 0.1) is 0 Å². The van der Waals surface area contributed by atoms with Crippen molar-refractivity contribution in [3.63, 3.8) is 0 Å². The highest BCUT2D eigenvalue weighted by atomic mass is 32.2. The van der Waals surface area contributed by atoms with Crippen LogP contribution < -0.4 is 5.73 Å². The van der Waals surface area contributed by atoms with Crippen molar-refractivity contribution in [1.29, 1.82) is 0 Å². The van der Waals surface area contributed by atoms with E-state index in [1.807, 2.05) is 6.07 Å². The first-order chi connectivity index (χ1) is 8.57. The van der Waals surface area contributed by atoms with Crippen LogP contribution in [-0.4, -0.2) is 20.5 Å². The number of hydrogen-bond donors (Lipinski definition) is 1. The molecule has 0 bridgehead atoms. The molecule has 2 fully saturated rings. The maximum absolute atomic E-state index is 12.4. The lowest BCUT2D eigenvalue weighted by molar-refractivity contribution is 0.165. The summed E-state index contributed by atoms with van der Waals surface area (Å²) in [5, 5.41) is 0. The van der Waals surface area contributed by atoms with Gasteiger partial charge in [-0.1, -0.05) is 0 Å². The standard InChI is InChI=1S/C13H17NO3S/c14-11-6-10(9-3-4-9)7-12(8-11)18(15,16)13-2-1-5-17-13/h6-9,13H,1-5,14H2. The molecule has 1 saturated carbocycles. The molecule has 1 aromatic rings. The Kier molecular flexibility index (Phi) is 2.83. The lowest BCUT2D eigenvalue weighted by Gasteiger charge is -2.13. The van der Waals surface area contributed by atoms with E-state index in [4.69, 9.17) is 10.5 Å². The number of sulfone groups is 1. The zero-order chi connectivity index (χ0) is 12.8. The summed E-state index contributed by atoms with van der Waals surface area (Å²) < 4.78 is 30.1. The Hall–Kier alpha value is -1.07. The highest BCUT2D eigenvalue weighted by Crippen LogP contribution is 2.42. The second-order valence-corrected chi connectivity index (χ2v) is 7.18. The summed E-state index contributed by atoms with van der Waals surface area (Å²) in [6, 6.07) is 5.19. The first-order valence-corrected chi connectivity index (χ1v) is 7.88. The average molecular weight is 267 g/mol. The maximum atomic E-state index is 12.4. The van der Waals surface area contributed by atoms with E-state index in [0.29, 0.717) is 29.5 Å². The zero-order valence-electron chi connectivity index (χ0n) is 10.1. The number of anilines is 1. The third-order valence-corrected chi connectivity index (χ3v) is 5.52. The highest BCUT2D eigenvalue weighted by Gasteiger charge is 2.33. The van der Waals surface area contributed by atoms with Gasteiger partial charge in [-0.3, -0.25) is 0 Å². The molecule has 0 amide bonds. The minimum absolute atomic E-state index is 0.316. The van der Waals surface area contributed by atoms with Crippen molar-refractivity contribution in [2.45, 2.75) is 41.9 Å². The maximum Gasteiger partial charge on any atom is 0.205 e. The summed E-state index contributed by atoms with van der Waals surface area (Å²) in [6.07, 6.45) is 3.64. The van der Waals surface area contributed by atoms with Crippen molar-refractivity contribution >= 4 is 15.5 Å². The summed E-state index contributed by atoms with van der Waals surface area (Å²) in [4.78, 5) is 0.316. The summed E-state index contributed by atoms with van der Waals surface area (Å²) in [5.74, 6) is 0.493. The third-order valence-electron chi connectivity index (χ3n) is 3.56. The van der Waals surface area contributed by atoms with Gasteiger partial charge in [-0.25, -0.2) is 8.42 Å². The average Bonchev–Trinajstić information content (AvgIpc) is 3.03. The normalized spacial score (nSPS) is 24.3. The van der Waals surface area contributed by atoms with Crippen LogP contribution in [-0.2, 0) is 14.6 Å². The topological polar surface area (TPSA) is 69.4 Å². The van der Waals surface area contributed by atoms with E-state index < -0.39 is 15.3 Å². The fraction of sp³-hybridized carbons (Fsp3) is 0.538. The van der Waals surface area contributed by atoms with Crippen LogP contribution in [0.25, 0.3) is 0 Å². The molecule has 3 rings (SSSR count). The zero-order valence-corrected chi connectivity index (χ0v) is 10.9. The number of nitrogens with two attached hydrogens (primary N) is 1. The van der Waals surface area contributed by atoms with E-state index in [2.05, 4.69) is 0 Å². The van der Waals surface area contributed by atoms with Crippen molar-refractivity contribution in [3.8, 4) is 0 Å². The van der Waals surface area contributed by atoms with Gasteiger partial charge >= 0.3 is 0 Å². The predicted octanol–water partition coefficient (Wildman–Crippen LogP) is 2.06. The van der Waals surface area contributed by atoms with Gasteiger partial charge in [0.1, 0.15) is 0 Å². The lowest BCUT2D eigenvalue weighted by Crippen LogP contribution is -2.20. The van der Waals surface area contributed by atoms with E-state index in [1.54, 1.807) is 12.1 Å². The van der Waals surface area contributed by atoms with Crippen molar-refractivity contribution in [2.24, 2.45) is 0 Å². The van der Waals surface area contributed by atoms with Crippen LogP contribution in [0.3, 0.4) is 0 Å². The van der Waals surface area contributed by atoms with Gasteiger partial charge in [-0.2, -0.15) is 0 Å². The van der Waals surface area contributed by atoms with Crippen molar-refractivity contribution in [3.05, 3.63) is 23.8 Å². The van der Waals surface area contributed by atoms with Crippen LogP contribution in [0.15, 0.2) is 23.1 Å². The number of ether oxygens (including phenoxy) is 1. The lowest BCUT2D eigenvalue weighted by atomic mass is 10.1. The summed E-state index contributed by atoms with van der Waals surface area (Å²) in [7, 11) is -3.39. The third kappa shape index (κ3) is 2.12. The number of benzene rings is 1. The first kappa shape index (κ1) is 12.0. The molecule has 5 heteroatoms. The largest absolute Gasteiger partial charge is 0.399 e. The minimum atomic E-state index is -3.39. The van der Waals surface area contributed by atoms with E-state index in [1.165, 1.54) is 0 Å². The minimum Gasteiger partial charge on any atom is -0.399 e. The van der Waals surface area contributed by atoms with Gasteiger partial charge in [0.05, 0.1) is 4.90 Å². The monoisotopic (exact) mass is 267 g/mol. The Balaban J connectivity index is 1.99. The molecule has 4 nitrogen and oxygen atoms in total. The molecule has 98 valence electrons. The van der Waals surface area contributed by atoms with E-state index in [0.717, 1.165) is 24.8 Å². The van der Waals surface area contributed by atoms with Crippen molar-refractivity contribution in [1.82, 2.24) is 0 Å². The Morgan fingerprint density at radius 3 is 2.56 bits per heavy atom. The SMILES string of the molecule is Nc1cc(C2CC2)cc(S(=O)(=O)C2CCCO2)c1. The van der Waals surface area contributed by atoms with Gasteiger partial charge in [-0.05, 0) is 55.4 Å². The molecule has 0 spiro atoms. The molecular formula is C13H17NO3S. The Labute approximate surface area is 107 Å². The molecule has 1 saturated heterocycles. The summed E-state index contributed by atoms with van der Waals surface area (Å²) in [6.45, 7) is 0.529. The predicted molar refractivity (Wildman–Crippen MR) is 69.0 cm³/mol. The molecule has 1 aliphatic carbocycles. The van der Waals surface area contributed by atoms with Crippen LogP contribution >= 0.6 is 0 Å². The van der Waals surface area contributed by atoms with Crippen LogP contribution in [0.4, 0.5) is 5.69 Å². The fourth-order valence-electron chi connectivity index (χ4n) is 2.41. The molecular weight excluding hydrogens is 250 g/mol. The molecule has 0 aromatic heterocycles. The van der Waals surface area contributed by atoms with Gasteiger partial charge in [0.2, 0.25) is 9.84 Å². The summed E-state index contributed by atoms with van der Waals surface area (Å²) in [5.41, 5.74) is 6.70. The number of hydrogen-bond acceptors (Lipinski definition) is 4. The van der Waals surface area contributed by atoms with Gasteiger partial charge < -0.3 is 10.5 Å². The van der Waals surface area contributed by atoms with E-state index >= 15 is 0 Å². The Morgan fingerprint density at radius 2 is 1.94 bits per heavy atom. The molecule has 18 heavy (non-hydrogen) atoms. The molecule has 1 aliphatic heterocycles. The molecule has 0 radical (unpaired) electrons. The molecule has 1 unspecified atom stereocenters. The Morgan fingerprint density at radius 1 is 1.17 bits per heavy atom. The molecule has 2 N–H and O–H groups in total. The quantitative estimate of drug-likeness (QED) is 0.851. The van der Waals surface area contributed by atoms with Crippen LogP contribution in [0.5, 0.6) is 0 Å². The first-order valence-electron chi connectivity index (χ1n) is 6.33. The molecule has 1 atom stereocenters. The smallest absolute Gasteiger partial charge is 0.205 e. The van der Waals surface area contributed by atoms with E-state index in [9.17, 15) is 8.42 Å². The highest BCUT2D eigenvalue weighted by molar-refractivity contribution is 7.92. The van der Waals surface area contributed by atoms with Gasteiger partial charge in [0.25, 0.3) is 0 Å².